The van der Waals surface area contributed by atoms with Crippen LogP contribution in [0.5, 0.6) is 0 Å². The third kappa shape index (κ3) is 9.37. The predicted octanol–water partition coefficient (Wildman–Crippen LogP) is 5.28. The smallest absolute Gasteiger partial charge is 0.244 e. The van der Waals surface area contributed by atoms with E-state index in [1.807, 2.05) is 50.2 Å². The Hall–Kier alpha value is -2.88. The van der Waals surface area contributed by atoms with Crippen LogP contribution in [0.15, 0.2) is 83.3 Å². The van der Waals surface area contributed by atoms with Crippen molar-refractivity contribution in [3.8, 4) is 0 Å². The average Bonchev–Trinajstić information content (AvgIpc) is 2.87. The van der Waals surface area contributed by atoms with Crippen molar-refractivity contribution in [1.82, 2.24) is 10.2 Å². The molecule has 0 fully saturated rings. The van der Waals surface area contributed by atoms with Gasteiger partial charge in [0.2, 0.25) is 21.8 Å². The molecule has 0 aliphatic rings. The van der Waals surface area contributed by atoms with Gasteiger partial charge in [-0.05, 0) is 47.4 Å². The first-order valence-corrected chi connectivity index (χ1v) is 15.5. The molecule has 0 aliphatic carbocycles. The zero-order valence-electron chi connectivity index (χ0n) is 22.2. The maximum atomic E-state index is 14.0. The van der Waals surface area contributed by atoms with Crippen LogP contribution in [0.3, 0.4) is 0 Å². The van der Waals surface area contributed by atoms with Crippen molar-refractivity contribution in [3.63, 3.8) is 0 Å². The van der Waals surface area contributed by atoms with E-state index in [0.29, 0.717) is 21.7 Å². The Morgan fingerprint density at radius 2 is 1.62 bits per heavy atom. The van der Waals surface area contributed by atoms with E-state index < -0.39 is 28.5 Å². The molecule has 1 N–H and O–H groups in total. The largest absolute Gasteiger partial charge is 0.354 e. The van der Waals surface area contributed by atoms with Crippen LogP contribution in [0.4, 0.5) is 5.69 Å². The van der Waals surface area contributed by atoms with E-state index in [-0.39, 0.29) is 24.8 Å². The maximum absolute atomic E-state index is 14.0. The normalized spacial score (nSPS) is 12.2. The van der Waals surface area contributed by atoms with Gasteiger partial charge in [0, 0.05) is 29.0 Å². The summed E-state index contributed by atoms with van der Waals surface area (Å²) in [5.41, 5.74) is 1.93. The summed E-state index contributed by atoms with van der Waals surface area (Å²) in [6.45, 7) is 4.02. The van der Waals surface area contributed by atoms with E-state index in [0.717, 1.165) is 21.7 Å². The van der Waals surface area contributed by atoms with Gasteiger partial charge in [0.25, 0.3) is 0 Å². The van der Waals surface area contributed by atoms with Gasteiger partial charge < -0.3 is 10.2 Å². The number of amides is 2. The van der Waals surface area contributed by atoms with Crippen molar-refractivity contribution in [2.24, 2.45) is 5.92 Å². The Bertz CT molecular complexity index is 1390. The molecule has 208 valence electrons. The summed E-state index contributed by atoms with van der Waals surface area (Å²) in [5, 5.41) is 3.46. The molecule has 0 bridgehead atoms. The minimum atomic E-state index is -3.83. The minimum Gasteiger partial charge on any atom is -0.354 e. The summed E-state index contributed by atoms with van der Waals surface area (Å²) in [4.78, 5) is 29.0. The quantitative estimate of drug-likeness (QED) is 0.294. The number of hydrogen-bond acceptors (Lipinski definition) is 4. The van der Waals surface area contributed by atoms with Crippen molar-refractivity contribution in [1.29, 1.82) is 0 Å². The molecule has 0 aromatic heterocycles. The van der Waals surface area contributed by atoms with Crippen molar-refractivity contribution >= 4 is 55.1 Å². The van der Waals surface area contributed by atoms with E-state index in [2.05, 4.69) is 21.2 Å². The second-order valence-electron chi connectivity index (χ2n) is 9.75. The van der Waals surface area contributed by atoms with Crippen molar-refractivity contribution in [2.45, 2.75) is 32.9 Å². The fourth-order valence-electron chi connectivity index (χ4n) is 4.05. The Labute approximate surface area is 244 Å². The first-order chi connectivity index (χ1) is 18.4. The van der Waals surface area contributed by atoms with E-state index in [1.165, 1.54) is 4.90 Å². The molecule has 10 heteroatoms. The molecule has 2 amide bonds. The number of hydrogen-bond donors (Lipinski definition) is 1. The lowest BCUT2D eigenvalue weighted by Gasteiger charge is -2.33. The number of nitrogens with one attached hydrogen (secondary N) is 1. The van der Waals surface area contributed by atoms with Crippen LogP contribution in [-0.2, 0) is 32.6 Å². The van der Waals surface area contributed by atoms with Gasteiger partial charge in [-0.2, -0.15) is 0 Å². The zero-order chi connectivity index (χ0) is 28.6. The highest BCUT2D eigenvalue weighted by Crippen LogP contribution is 2.24. The number of benzene rings is 3. The lowest BCUT2D eigenvalue weighted by molar-refractivity contribution is -0.140. The monoisotopic (exact) mass is 633 g/mol. The molecule has 3 aromatic rings. The topological polar surface area (TPSA) is 86.8 Å². The van der Waals surface area contributed by atoms with E-state index >= 15 is 0 Å². The first-order valence-electron chi connectivity index (χ1n) is 12.5. The number of nitrogens with zero attached hydrogens (tertiary/aromatic N) is 2. The number of anilines is 1. The van der Waals surface area contributed by atoms with Crippen LogP contribution in [0.25, 0.3) is 0 Å². The van der Waals surface area contributed by atoms with Gasteiger partial charge in [-0.1, -0.05) is 89.9 Å². The number of halogens is 2. The SMILES string of the molecule is CC(C)CNC(=O)C(Cc1ccccc1)N(Cc1cccc(Cl)c1)C(=O)CN(c1cccc(Br)c1)S(C)(=O)=O. The van der Waals surface area contributed by atoms with Crippen LogP contribution in [0.2, 0.25) is 5.02 Å². The Balaban J connectivity index is 2.05. The third-order valence-electron chi connectivity index (χ3n) is 5.97. The fraction of sp³-hybridized carbons (Fsp3) is 0.310. The van der Waals surface area contributed by atoms with Gasteiger partial charge >= 0.3 is 0 Å². The van der Waals surface area contributed by atoms with Crippen molar-refractivity contribution in [2.75, 3.05) is 23.7 Å². The molecule has 0 saturated heterocycles. The van der Waals surface area contributed by atoms with Crippen LogP contribution in [0, 0.1) is 5.92 Å². The second-order valence-corrected chi connectivity index (χ2v) is 13.0. The Morgan fingerprint density at radius 1 is 0.949 bits per heavy atom. The fourth-order valence-corrected chi connectivity index (χ4v) is 5.49. The minimum absolute atomic E-state index is 0.0715. The summed E-state index contributed by atoms with van der Waals surface area (Å²) in [5.74, 6) is -0.613. The van der Waals surface area contributed by atoms with Crippen molar-refractivity contribution in [3.05, 3.63) is 99.5 Å². The summed E-state index contributed by atoms with van der Waals surface area (Å²) < 4.78 is 27.4. The molecular weight excluding hydrogens is 602 g/mol. The van der Waals surface area contributed by atoms with Crippen LogP contribution in [0.1, 0.15) is 25.0 Å². The van der Waals surface area contributed by atoms with E-state index in [1.54, 1.807) is 42.5 Å². The van der Waals surface area contributed by atoms with Crippen LogP contribution >= 0.6 is 27.5 Å². The Morgan fingerprint density at radius 3 is 2.23 bits per heavy atom. The standard InChI is InChI=1S/C29H33BrClN3O4S/c1-21(2)18-32-29(36)27(16-22-9-5-4-6-10-22)33(19-23-11-7-13-25(31)15-23)28(35)20-34(39(3,37)38)26-14-8-12-24(30)17-26/h4-15,17,21,27H,16,18-20H2,1-3H3,(H,32,36). The maximum Gasteiger partial charge on any atom is 0.244 e. The molecule has 7 nitrogen and oxygen atoms in total. The van der Waals surface area contributed by atoms with Gasteiger partial charge in [-0.3, -0.25) is 13.9 Å². The molecule has 0 heterocycles. The lowest BCUT2D eigenvalue weighted by Crippen LogP contribution is -2.53. The first kappa shape index (κ1) is 30.7. The summed E-state index contributed by atoms with van der Waals surface area (Å²) in [7, 11) is -3.83. The Kier molecular flexibility index (Phi) is 11.0. The predicted molar refractivity (Wildman–Crippen MR) is 160 cm³/mol. The van der Waals surface area contributed by atoms with E-state index in [9.17, 15) is 18.0 Å². The van der Waals surface area contributed by atoms with Gasteiger partial charge in [-0.25, -0.2) is 8.42 Å². The highest BCUT2D eigenvalue weighted by atomic mass is 79.9. The molecule has 39 heavy (non-hydrogen) atoms. The van der Waals surface area contributed by atoms with E-state index in [4.69, 9.17) is 11.6 Å². The number of carbonyl (C=O) groups is 2. The lowest BCUT2D eigenvalue weighted by atomic mass is 10.0. The highest BCUT2D eigenvalue weighted by molar-refractivity contribution is 9.10. The van der Waals surface area contributed by atoms with Crippen LogP contribution < -0.4 is 9.62 Å². The number of rotatable bonds is 12. The molecule has 0 spiro atoms. The molecule has 0 saturated carbocycles. The molecule has 3 aromatic carbocycles. The van der Waals surface area contributed by atoms with Crippen LogP contribution in [-0.4, -0.2) is 50.5 Å². The highest BCUT2D eigenvalue weighted by Gasteiger charge is 2.33. The summed E-state index contributed by atoms with van der Waals surface area (Å²) >= 11 is 9.60. The molecule has 3 rings (SSSR count). The molecular formula is C29H33BrClN3O4S. The molecule has 1 unspecified atom stereocenters. The second kappa shape index (κ2) is 14.0. The zero-order valence-corrected chi connectivity index (χ0v) is 25.3. The average molecular weight is 635 g/mol. The molecule has 1 atom stereocenters. The molecule has 0 radical (unpaired) electrons. The number of sulfonamides is 1. The van der Waals surface area contributed by atoms with Gasteiger partial charge in [0.1, 0.15) is 12.6 Å². The molecule has 0 aliphatic heterocycles. The van der Waals surface area contributed by atoms with Gasteiger partial charge in [0.05, 0.1) is 11.9 Å². The third-order valence-corrected chi connectivity index (χ3v) is 7.84. The summed E-state index contributed by atoms with van der Waals surface area (Å²) in [6, 6.07) is 22.3. The van der Waals surface area contributed by atoms with Gasteiger partial charge in [-0.15, -0.1) is 0 Å². The summed E-state index contributed by atoms with van der Waals surface area (Å²) in [6.07, 6.45) is 1.31. The number of carbonyl (C=O) groups excluding carboxylic acids is 2. The van der Waals surface area contributed by atoms with Crippen molar-refractivity contribution < 1.29 is 18.0 Å². The van der Waals surface area contributed by atoms with Gasteiger partial charge in [0.15, 0.2) is 0 Å².